The summed E-state index contributed by atoms with van der Waals surface area (Å²) in [5.74, 6) is 0. The van der Waals surface area contributed by atoms with Crippen molar-refractivity contribution in [1.29, 1.82) is 0 Å². The maximum atomic E-state index is 4.90. The van der Waals surface area contributed by atoms with Crippen LogP contribution in [0.25, 0.3) is 53.9 Å². The van der Waals surface area contributed by atoms with E-state index in [1.54, 1.807) is 11.3 Å². The summed E-state index contributed by atoms with van der Waals surface area (Å²) in [5.41, 5.74) is 13.5. The highest BCUT2D eigenvalue weighted by Crippen LogP contribution is 2.47. The smallest absolute Gasteiger partial charge is 0.124 e. The Balaban J connectivity index is 0.956. The van der Waals surface area contributed by atoms with Gasteiger partial charge in [0.25, 0.3) is 0 Å². The van der Waals surface area contributed by atoms with Crippen molar-refractivity contribution < 1.29 is 0 Å². The molecule has 0 amide bonds. The monoisotopic (exact) mass is 716 g/mol. The fourth-order valence-corrected chi connectivity index (χ4v) is 9.13. The van der Waals surface area contributed by atoms with Crippen LogP contribution in [-0.4, -0.2) is 9.97 Å². The van der Waals surface area contributed by atoms with Gasteiger partial charge in [-0.05, 0) is 107 Å². The van der Waals surface area contributed by atoms with Gasteiger partial charge in [-0.25, -0.2) is 4.98 Å². The van der Waals surface area contributed by atoms with E-state index in [9.17, 15) is 0 Å². The van der Waals surface area contributed by atoms with E-state index in [0.29, 0.717) is 0 Å². The van der Waals surface area contributed by atoms with E-state index < -0.39 is 0 Å². The Hall–Kier alpha value is -6.21. The fourth-order valence-electron chi connectivity index (χ4n) is 7.02. The molecule has 1 unspecified atom stereocenters. The van der Waals surface area contributed by atoms with Crippen molar-refractivity contribution in [3.63, 3.8) is 0 Å². The number of hydrogen-bond donors (Lipinski definition) is 1. The minimum atomic E-state index is 0.186. The van der Waals surface area contributed by atoms with Crippen molar-refractivity contribution in [3.8, 4) is 32.8 Å². The molecule has 1 aliphatic heterocycles. The number of rotatable bonds is 7. The standard InChI is InChI=1S/C47H32N4S2/c1-2-8-41-36(7-1)29-37(30-48-41)33-15-13-31(14-16-33)32-17-23-38(24-18-32)51(39-25-19-34(20-26-39)46-49-42-9-3-5-11-44(42)52-46)40-27-21-35(22-28-40)47-50-43-10-4-6-12-45(43)53-47/h1-30,46,49H. The SMILES string of the molecule is c1ccc2c(c1)NC(c1ccc(N(c3ccc(-c4ccc(-c5cnc6ccccc6c5)cc4)cc3)c3ccc(-c4nc5ccccc5s4)cc3)cc1)S2. The Bertz CT molecular complexity index is 2660. The molecule has 0 fully saturated rings. The first-order chi connectivity index (χ1) is 26.2. The van der Waals surface area contributed by atoms with E-state index >= 15 is 0 Å². The topological polar surface area (TPSA) is 41.0 Å². The van der Waals surface area contributed by atoms with E-state index in [2.05, 4.69) is 173 Å². The maximum absolute atomic E-state index is 4.90. The highest BCUT2D eigenvalue weighted by molar-refractivity contribution is 8.00. The first-order valence-corrected chi connectivity index (χ1v) is 19.4. The zero-order valence-corrected chi connectivity index (χ0v) is 30.2. The third kappa shape index (κ3) is 6.12. The van der Waals surface area contributed by atoms with Crippen LogP contribution in [-0.2, 0) is 0 Å². The molecule has 2 aromatic heterocycles. The lowest BCUT2D eigenvalue weighted by Crippen LogP contribution is -2.10. The largest absolute Gasteiger partial charge is 0.368 e. The number of anilines is 4. The van der Waals surface area contributed by atoms with Gasteiger partial charge in [0.15, 0.2) is 0 Å². The third-order valence-corrected chi connectivity index (χ3v) is 12.1. The number of benzene rings is 7. The summed E-state index contributed by atoms with van der Waals surface area (Å²) in [4.78, 5) is 13.2. The molecule has 0 aliphatic carbocycles. The number of thiazole rings is 1. The lowest BCUT2D eigenvalue weighted by molar-refractivity contribution is 1.13. The van der Waals surface area contributed by atoms with Crippen LogP contribution in [0.4, 0.5) is 22.7 Å². The molecular formula is C47H32N4S2. The molecule has 4 nitrogen and oxygen atoms in total. The Morgan fingerprint density at radius 1 is 0.509 bits per heavy atom. The molecule has 10 rings (SSSR count). The molecule has 0 saturated heterocycles. The predicted octanol–water partition coefficient (Wildman–Crippen LogP) is 13.5. The van der Waals surface area contributed by atoms with Crippen molar-refractivity contribution in [2.75, 3.05) is 10.2 Å². The Kier molecular flexibility index (Phi) is 7.97. The van der Waals surface area contributed by atoms with Gasteiger partial charge in [-0.1, -0.05) is 103 Å². The predicted molar refractivity (Wildman–Crippen MR) is 225 cm³/mol. The van der Waals surface area contributed by atoms with Crippen LogP contribution in [0, 0.1) is 0 Å². The first-order valence-electron chi connectivity index (χ1n) is 17.7. The van der Waals surface area contributed by atoms with E-state index in [1.807, 2.05) is 36.2 Å². The highest BCUT2D eigenvalue weighted by Gasteiger charge is 2.23. The van der Waals surface area contributed by atoms with Gasteiger partial charge >= 0.3 is 0 Å². The molecule has 1 aliphatic rings. The molecule has 252 valence electrons. The molecule has 53 heavy (non-hydrogen) atoms. The van der Waals surface area contributed by atoms with E-state index in [0.717, 1.165) is 55.2 Å². The molecule has 0 radical (unpaired) electrons. The number of pyridine rings is 1. The molecule has 7 aromatic carbocycles. The summed E-state index contributed by atoms with van der Waals surface area (Å²) in [6, 6.07) is 62.7. The summed E-state index contributed by atoms with van der Waals surface area (Å²) >= 11 is 3.59. The molecular weight excluding hydrogens is 685 g/mol. The number of thioether (sulfide) groups is 1. The molecule has 3 heterocycles. The normalized spacial score (nSPS) is 13.5. The van der Waals surface area contributed by atoms with Gasteiger partial charge < -0.3 is 10.2 Å². The third-order valence-electron chi connectivity index (χ3n) is 9.81. The lowest BCUT2D eigenvalue weighted by atomic mass is 10.00. The molecule has 0 bridgehead atoms. The van der Waals surface area contributed by atoms with Gasteiger partial charge in [-0.2, -0.15) is 0 Å². The molecule has 1 N–H and O–H groups in total. The summed E-state index contributed by atoms with van der Waals surface area (Å²) in [5, 5.41) is 6.04. The van der Waals surface area contributed by atoms with Gasteiger partial charge in [-0.15, -0.1) is 11.3 Å². The van der Waals surface area contributed by atoms with Crippen molar-refractivity contribution in [2.45, 2.75) is 10.3 Å². The second kappa shape index (κ2) is 13.4. The second-order valence-electron chi connectivity index (χ2n) is 13.1. The van der Waals surface area contributed by atoms with Gasteiger partial charge in [0, 0.05) is 50.4 Å². The van der Waals surface area contributed by atoms with Gasteiger partial charge in [0.1, 0.15) is 10.4 Å². The van der Waals surface area contributed by atoms with Crippen molar-refractivity contribution in [2.24, 2.45) is 0 Å². The molecule has 1 atom stereocenters. The zero-order valence-electron chi connectivity index (χ0n) is 28.6. The molecule has 6 heteroatoms. The number of para-hydroxylation sites is 3. The number of aromatic nitrogens is 2. The number of nitrogens with one attached hydrogen (secondary N) is 1. The van der Waals surface area contributed by atoms with Crippen LogP contribution in [0.1, 0.15) is 10.9 Å². The Labute approximate surface area is 316 Å². The average Bonchev–Trinajstić information content (AvgIpc) is 3.87. The molecule has 9 aromatic rings. The van der Waals surface area contributed by atoms with Crippen LogP contribution < -0.4 is 10.2 Å². The summed E-state index contributed by atoms with van der Waals surface area (Å²) in [7, 11) is 0. The number of fused-ring (bicyclic) bond motifs is 3. The quantitative estimate of drug-likeness (QED) is 0.178. The Morgan fingerprint density at radius 2 is 1.08 bits per heavy atom. The number of hydrogen-bond acceptors (Lipinski definition) is 6. The van der Waals surface area contributed by atoms with Gasteiger partial charge in [0.05, 0.1) is 15.7 Å². The van der Waals surface area contributed by atoms with E-state index in [4.69, 9.17) is 4.98 Å². The summed E-state index contributed by atoms with van der Waals surface area (Å²) < 4.78 is 1.20. The van der Waals surface area contributed by atoms with Crippen LogP contribution in [0.3, 0.4) is 0 Å². The molecule has 0 saturated carbocycles. The second-order valence-corrected chi connectivity index (χ2v) is 15.3. The van der Waals surface area contributed by atoms with Crippen LogP contribution in [0.2, 0.25) is 0 Å². The maximum Gasteiger partial charge on any atom is 0.124 e. The summed E-state index contributed by atoms with van der Waals surface area (Å²) in [6.07, 6.45) is 1.96. The van der Waals surface area contributed by atoms with Crippen LogP contribution in [0.15, 0.2) is 187 Å². The van der Waals surface area contributed by atoms with Crippen molar-refractivity contribution in [3.05, 3.63) is 188 Å². The summed E-state index contributed by atoms with van der Waals surface area (Å²) in [6.45, 7) is 0. The van der Waals surface area contributed by atoms with Crippen molar-refractivity contribution in [1.82, 2.24) is 9.97 Å². The van der Waals surface area contributed by atoms with E-state index in [-0.39, 0.29) is 5.37 Å². The van der Waals surface area contributed by atoms with Crippen molar-refractivity contribution >= 4 is 67.0 Å². The van der Waals surface area contributed by atoms with Crippen LogP contribution in [0.5, 0.6) is 0 Å². The highest BCUT2D eigenvalue weighted by atomic mass is 32.2. The lowest BCUT2D eigenvalue weighted by Gasteiger charge is -2.26. The van der Waals surface area contributed by atoms with Crippen LogP contribution >= 0.6 is 23.1 Å². The van der Waals surface area contributed by atoms with E-state index in [1.165, 1.54) is 32.0 Å². The van der Waals surface area contributed by atoms with Gasteiger partial charge in [0.2, 0.25) is 0 Å². The fraction of sp³-hybridized carbons (Fsp3) is 0.0213. The zero-order chi connectivity index (χ0) is 35.1. The first kappa shape index (κ1) is 31.5. The number of nitrogens with zero attached hydrogens (tertiary/aromatic N) is 3. The Morgan fingerprint density at radius 3 is 1.77 bits per heavy atom. The minimum absolute atomic E-state index is 0.186. The average molecular weight is 717 g/mol. The minimum Gasteiger partial charge on any atom is -0.368 e. The molecule has 0 spiro atoms. The van der Waals surface area contributed by atoms with Gasteiger partial charge in [-0.3, -0.25) is 4.98 Å².